The van der Waals surface area contributed by atoms with Crippen molar-refractivity contribution in [2.75, 3.05) is 13.2 Å². The lowest BCUT2D eigenvalue weighted by Gasteiger charge is -2.21. The molecule has 0 aliphatic carbocycles. The Kier molecular flexibility index (Phi) is 6.47. The third-order valence-electron chi connectivity index (χ3n) is 6.00. The Bertz CT molecular complexity index is 1080. The minimum atomic E-state index is -0.0299. The van der Waals surface area contributed by atoms with Gasteiger partial charge in [0, 0.05) is 56.7 Å². The number of carbonyl (C=O) groups is 1. The molecule has 0 atom stereocenters. The van der Waals surface area contributed by atoms with Crippen molar-refractivity contribution in [2.24, 2.45) is 13.0 Å². The zero-order valence-electron chi connectivity index (χ0n) is 18.2. The molecular weight excluding hydrogens is 390 g/mol. The summed E-state index contributed by atoms with van der Waals surface area (Å²) < 4.78 is 9.00. The van der Waals surface area contributed by atoms with E-state index in [1.54, 1.807) is 24.7 Å². The van der Waals surface area contributed by atoms with Crippen LogP contribution in [0.1, 0.15) is 47.3 Å². The molecule has 0 saturated carbocycles. The molecule has 4 rings (SSSR count). The van der Waals surface area contributed by atoms with E-state index in [1.165, 1.54) is 0 Å². The number of rotatable bonds is 7. The van der Waals surface area contributed by atoms with E-state index in [9.17, 15) is 9.59 Å². The van der Waals surface area contributed by atoms with Gasteiger partial charge in [-0.25, -0.2) is 4.98 Å². The molecule has 0 N–H and O–H groups in total. The first-order valence-electron chi connectivity index (χ1n) is 10.9. The molecule has 1 saturated heterocycles. The van der Waals surface area contributed by atoms with Crippen molar-refractivity contribution in [1.29, 1.82) is 0 Å². The quantitative estimate of drug-likeness (QED) is 0.543. The Morgan fingerprint density at radius 2 is 1.90 bits per heavy atom. The molecule has 0 amide bonds. The highest BCUT2D eigenvalue weighted by Gasteiger charge is 2.20. The van der Waals surface area contributed by atoms with Gasteiger partial charge < -0.3 is 13.9 Å². The summed E-state index contributed by atoms with van der Waals surface area (Å²) in [7, 11) is 1.74. The lowest BCUT2D eigenvalue weighted by atomic mass is 9.93. The number of ketones is 1. The topological polar surface area (TPSA) is 66.1 Å². The summed E-state index contributed by atoms with van der Waals surface area (Å²) in [5.41, 5.74) is 3.08. The second-order valence-electron chi connectivity index (χ2n) is 8.41. The summed E-state index contributed by atoms with van der Waals surface area (Å²) in [5.74, 6) is 1.33. The summed E-state index contributed by atoms with van der Waals surface area (Å²) in [6.07, 6.45) is 7.07. The third-order valence-corrected chi connectivity index (χ3v) is 6.00. The molecule has 3 aromatic rings. The number of nitrogens with zero attached hydrogens (tertiary/aromatic N) is 3. The molecule has 6 heteroatoms. The van der Waals surface area contributed by atoms with Crippen LogP contribution in [0.15, 0.2) is 53.6 Å². The van der Waals surface area contributed by atoms with Crippen molar-refractivity contribution in [1.82, 2.24) is 14.1 Å². The predicted molar refractivity (Wildman–Crippen MR) is 120 cm³/mol. The van der Waals surface area contributed by atoms with Crippen LogP contribution >= 0.6 is 0 Å². The Balaban J connectivity index is 1.63. The lowest BCUT2D eigenvalue weighted by Crippen LogP contribution is -2.18. The fourth-order valence-electron chi connectivity index (χ4n) is 4.18. The number of carbonyl (C=O) groups excluding carboxylic acids is 1. The van der Waals surface area contributed by atoms with Crippen LogP contribution in [0, 0.1) is 12.8 Å². The van der Waals surface area contributed by atoms with Gasteiger partial charge in [-0.1, -0.05) is 30.3 Å². The van der Waals surface area contributed by atoms with Gasteiger partial charge in [-0.3, -0.25) is 9.59 Å². The Morgan fingerprint density at radius 3 is 2.61 bits per heavy atom. The molecule has 0 bridgehead atoms. The van der Waals surface area contributed by atoms with Gasteiger partial charge in [0.1, 0.15) is 11.5 Å². The van der Waals surface area contributed by atoms with E-state index in [1.807, 2.05) is 35.0 Å². The maximum atomic E-state index is 13.0. The zero-order chi connectivity index (χ0) is 21.8. The fourth-order valence-corrected chi connectivity index (χ4v) is 4.18. The molecule has 6 nitrogen and oxygen atoms in total. The van der Waals surface area contributed by atoms with Crippen LogP contribution in [-0.2, 0) is 18.3 Å². The fraction of sp³-hybridized carbons (Fsp3) is 0.400. The number of imidazole rings is 1. The molecular formula is C25H29N3O3. The summed E-state index contributed by atoms with van der Waals surface area (Å²) in [6.45, 7) is 4.00. The van der Waals surface area contributed by atoms with Gasteiger partial charge in [-0.15, -0.1) is 0 Å². The van der Waals surface area contributed by atoms with Crippen LogP contribution < -0.4 is 5.56 Å². The van der Waals surface area contributed by atoms with Crippen molar-refractivity contribution in [3.63, 3.8) is 0 Å². The minimum Gasteiger partial charge on any atom is -0.381 e. The van der Waals surface area contributed by atoms with Crippen molar-refractivity contribution in [2.45, 2.75) is 39.2 Å². The third kappa shape index (κ3) is 5.02. The highest BCUT2D eigenvalue weighted by atomic mass is 16.5. The van der Waals surface area contributed by atoms with Crippen LogP contribution in [0.2, 0.25) is 0 Å². The van der Waals surface area contributed by atoms with Gasteiger partial charge in [-0.05, 0) is 43.7 Å². The van der Waals surface area contributed by atoms with Gasteiger partial charge in [0.15, 0.2) is 5.78 Å². The normalized spacial score (nSPS) is 14.6. The van der Waals surface area contributed by atoms with Crippen molar-refractivity contribution < 1.29 is 9.53 Å². The Labute approximate surface area is 182 Å². The second-order valence-corrected chi connectivity index (χ2v) is 8.41. The molecule has 0 radical (unpaired) electrons. The Hall–Kier alpha value is -2.99. The number of ether oxygens (including phenoxy) is 1. The number of benzene rings is 1. The number of aryl methyl sites for hydroxylation is 2. The maximum Gasteiger partial charge on any atom is 0.253 e. The molecule has 1 aliphatic heterocycles. The summed E-state index contributed by atoms with van der Waals surface area (Å²) in [4.78, 5) is 29.8. The SMILES string of the molecule is Cc1cc(-c2nc(C(=O)CCC3CCOCC3)cn2Cc2ccccc2)cn(C)c1=O. The maximum absolute atomic E-state index is 13.0. The van der Waals surface area contributed by atoms with Gasteiger partial charge in [0.25, 0.3) is 5.56 Å². The van der Waals surface area contributed by atoms with Crippen LogP contribution in [0.25, 0.3) is 11.4 Å². The average Bonchev–Trinajstić information content (AvgIpc) is 3.20. The molecule has 1 fully saturated rings. The van der Waals surface area contributed by atoms with Crippen LogP contribution in [0.5, 0.6) is 0 Å². The molecule has 0 unspecified atom stereocenters. The highest BCUT2D eigenvalue weighted by Crippen LogP contribution is 2.24. The average molecular weight is 420 g/mol. The van der Waals surface area contributed by atoms with Crippen molar-refractivity contribution >= 4 is 5.78 Å². The lowest BCUT2D eigenvalue weighted by molar-refractivity contribution is 0.0619. The number of aromatic nitrogens is 3. The van der Waals surface area contributed by atoms with Crippen molar-refractivity contribution in [3.8, 4) is 11.4 Å². The van der Waals surface area contributed by atoms with E-state index in [0.29, 0.717) is 36.0 Å². The zero-order valence-corrected chi connectivity index (χ0v) is 18.2. The molecule has 0 spiro atoms. The second kappa shape index (κ2) is 9.43. The first kappa shape index (κ1) is 21.2. The van der Waals surface area contributed by atoms with E-state index < -0.39 is 0 Å². The molecule has 31 heavy (non-hydrogen) atoms. The Morgan fingerprint density at radius 1 is 1.16 bits per heavy atom. The van der Waals surface area contributed by atoms with E-state index in [4.69, 9.17) is 9.72 Å². The van der Waals surface area contributed by atoms with E-state index >= 15 is 0 Å². The smallest absolute Gasteiger partial charge is 0.253 e. The van der Waals surface area contributed by atoms with Crippen LogP contribution in [0.3, 0.4) is 0 Å². The van der Waals surface area contributed by atoms with Crippen LogP contribution in [0.4, 0.5) is 0 Å². The van der Waals surface area contributed by atoms with Crippen LogP contribution in [-0.4, -0.2) is 33.1 Å². The number of hydrogen-bond donors (Lipinski definition) is 0. The number of Topliss-reactive ketones (excluding diaryl/α,β-unsaturated/α-hetero) is 1. The van der Waals surface area contributed by atoms with E-state index in [0.717, 1.165) is 43.6 Å². The summed E-state index contributed by atoms with van der Waals surface area (Å²) >= 11 is 0. The molecule has 3 heterocycles. The predicted octanol–water partition coefficient (Wildman–Crippen LogP) is 4.00. The van der Waals surface area contributed by atoms with E-state index in [-0.39, 0.29) is 11.3 Å². The molecule has 162 valence electrons. The van der Waals surface area contributed by atoms with Gasteiger partial charge in [0.2, 0.25) is 0 Å². The van der Waals surface area contributed by atoms with Crippen molar-refractivity contribution in [3.05, 3.63) is 76.0 Å². The van der Waals surface area contributed by atoms with E-state index in [2.05, 4.69) is 12.1 Å². The summed E-state index contributed by atoms with van der Waals surface area (Å²) in [6, 6.07) is 12.0. The number of hydrogen-bond acceptors (Lipinski definition) is 4. The first-order valence-corrected chi connectivity index (χ1v) is 10.9. The summed E-state index contributed by atoms with van der Waals surface area (Å²) in [5, 5.41) is 0. The minimum absolute atomic E-state index is 0.0299. The largest absolute Gasteiger partial charge is 0.381 e. The van der Waals surface area contributed by atoms with Gasteiger partial charge in [-0.2, -0.15) is 0 Å². The van der Waals surface area contributed by atoms with Gasteiger partial charge >= 0.3 is 0 Å². The first-order chi connectivity index (χ1) is 15.0. The molecule has 1 aliphatic rings. The van der Waals surface area contributed by atoms with Gasteiger partial charge in [0.05, 0.1) is 0 Å². The molecule has 2 aromatic heterocycles. The standard InChI is InChI=1S/C25H29N3O3/c1-18-14-21(16-27(2)25(18)30)24-26-22(17-28(24)15-20-6-4-3-5-7-20)23(29)9-8-19-10-12-31-13-11-19/h3-7,14,16-17,19H,8-13,15H2,1-2H3. The molecule has 1 aromatic carbocycles. The monoisotopic (exact) mass is 419 g/mol. The number of pyridine rings is 1. The highest BCUT2D eigenvalue weighted by molar-refractivity contribution is 5.94.